The van der Waals surface area contributed by atoms with Crippen LogP contribution in [-0.4, -0.2) is 51.7 Å². The molecular weight excluding hydrogens is 290 g/mol. The predicted molar refractivity (Wildman–Crippen MR) is 92.2 cm³/mol. The van der Waals surface area contributed by atoms with Crippen molar-refractivity contribution in [1.82, 2.24) is 9.47 Å². The normalized spacial score (nSPS) is 18.9. The molecule has 0 amide bonds. The van der Waals surface area contributed by atoms with Crippen molar-refractivity contribution in [2.45, 2.75) is 32.4 Å². The van der Waals surface area contributed by atoms with Gasteiger partial charge in [-0.05, 0) is 37.9 Å². The highest BCUT2D eigenvalue weighted by atomic mass is 16.4. The number of oxime groups is 1. The van der Waals surface area contributed by atoms with Gasteiger partial charge in [-0.15, -0.1) is 0 Å². The Morgan fingerprint density at radius 3 is 2.74 bits per heavy atom. The van der Waals surface area contributed by atoms with E-state index in [4.69, 9.17) is 5.21 Å². The van der Waals surface area contributed by atoms with Gasteiger partial charge in [0.25, 0.3) is 0 Å². The Hall–Kier alpha value is -1.85. The van der Waals surface area contributed by atoms with Gasteiger partial charge >= 0.3 is 0 Å². The summed E-state index contributed by atoms with van der Waals surface area (Å²) in [7, 11) is 0. The molecule has 2 aromatic rings. The zero-order valence-corrected chi connectivity index (χ0v) is 13.6. The number of likely N-dealkylation sites (tertiary alicyclic amines) is 1. The van der Waals surface area contributed by atoms with Crippen molar-refractivity contribution in [3.05, 3.63) is 36.0 Å². The van der Waals surface area contributed by atoms with Gasteiger partial charge < -0.3 is 19.8 Å². The van der Waals surface area contributed by atoms with Crippen LogP contribution < -0.4 is 0 Å². The molecule has 1 aliphatic rings. The van der Waals surface area contributed by atoms with Crippen molar-refractivity contribution >= 4 is 17.1 Å². The Bertz CT molecular complexity index is 672. The summed E-state index contributed by atoms with van der Waals surface area (Å²) in [6, 6.07) is 7.98. The highest BCUT2D eigenvalue weighted by Crippen LogP contribution is 2.21. The molecular formula is C18H25N3O2. The average Bonchev–Trinajstić information content (AvgIpc) is 2.88. The van der Waals surface area contributed by atoms with E-state index in [0.29, 0.717) is 13.1 Å². The minimum atomic E-state index is -0.405. The summed E-state index contributed by atoms with van der Waals surface area (Å²) in [5, 5.41) is 23.5. The van der Waals surface area contributed by atoms with Gasteiger partial charge in [-0.2, -0.15) is 0 Å². The summed E-state index contributed by atoms with van der Waals surface area (Å²) in [6.07, 6.45) is 5.41. The van der Waals surface area contributed by atoms with E-state index in [1.807, 2.05) is 35.0 Å². The third-order valence-electron chi connectivity index (χ3n) is 4.77. The molecule has 1 aromatic heterocycles. The molecule has 1 saturated heterocycles. The minimum Gasteiger partial charge on any atom is -0.411 e. The van der Waals surface area contributed by atoms with Gasteiger partial charge in [-0.3, -0.25) is 0 Å². The highest BCUT2D eigenvalue weighted by Gasteiger charge is 2.19. The van der Waals surface area contributed by atoms with Crippen LogP contribution in [0, 0.1) is 5.92 Å². The molecule has 23 heavy (non-hydrogen) atoms. The standard InChI is InChI=1S/C18H25N3O2/c1-14-6-8-20(9-7-14)12-16(22)13-21-11-15(10-19-23)17-4-2-3-5-18(17)21/h2-5,10-11,14,16,22-23H,6-9,12-13H2,1H3/b19-10+/t16-/m1/s1. The lowest BCUT2D eigenvalue weighted by atomic mass is 9.99. The highest BCUT2D eigenvalue weighted by molar-refractivity contribution is 5.99. The largest absolute Gasteiger partial charge is 0.411 e. The van der Waals surface area contributed by atoms with Gasteiger partial charge in [0.05, 0.1) is 12.3 Å². The first-order valence-corrected chi connectivity index (χ1v) is 8.33. The maximum Gasteiger partial charge on any atom is 0.0845 e. The molecule has 0 saturated carbocycles. The van der Waals surface area contributed by atoms with E-state index in [-0.39, 0.29) is 0 Å². The van der Waals surface area contributed by atoms with Crippen LogP contribution in [0.15, 0.2) is 35.6 Å². The average molecular weight is 315 g/mol. The number of benzene rings is 1. The Morgan fingerprint density at radius 1 is 1.26 bits per heavy atom. The van der Waals surface area contributed by atoms with Crippen molar-refractivity contribution < 1.29 is 10.3 Å². The molecule has 3 rings (SSSR count). The number of aromatic nitrogens is 1. The van der Waals surface area contributed by atoms with Gasteiger partial charge in [0.1, 0.15) is 0 Å². The molecule has 5 heteroatoms. The molecule has 1 aromatic carbocycles. The summed E-state index contributed by atoms with van der Waals surface area (Å²) < 4.78 is 2.05. The van der Waals surface area contributed by atoms with Gasteiger partial charge in [-0.25, -0.2) is 0 Å². The van der Waals surface area contributed by atoms with Crippen molar-refractivity contribution in [1.29, 1.82) is 0 Å². The lowest BCUT2D eigenvalue weighted by molar-refractivity contribution is 0.0810. The van der Waals surface area contributed by atoms with E-state index >= 15 is 0 Å². The Balaban J connectivity index is 1.71. The second kappa shape index (κ2) is 7.15. The zero-order chi connectivity index (χ0) is 16.2. The topological polar surface area (TPSA) is 61.0 Å². The SMILES string of the molecule is CC1CCN(C[C@@H](O)Cn2cc(/C=N/O)c3ccccc32)CC1. The molecule has 1 aliphatic heterocycles. The van der Waals surface area contributed by atoms with Gasteiger partial charge in [0.15, 0.2) is 0 Å². The number of fused-ring (bicyclic) bond motifs is 1. The molecule has 124 valence electrons. The number of hydrogen-bond acceptors (Lipinski definition) is 4. The molecule has 5 nitrogen and oxygen atoms in total. The van der Waals surface area contributed by atoms with E-state index in [9.17, 15) is 5.11 Å². The van der Waals surface area contributed by atoms with Gasteiger partial charge in [0, 0.05) is 35.8 Å². The first-order valence-electron chi connectivity index (χ1n) is 8.33. The summed E-state index contributed by atoms with van der Waals surface area (Å²) in [5.74, 6) is 0.803. The number of hydrogen-bond donors (Lipinski definition) is 2. The number of para-hydroxylation sites is 1. The predicted octanol–water partition coefficient (Wildman–Crippen LogP) is 2.54. The molecule has 1 fully saturated rings. The number of rotatable bonds is 5. The number of aliphatic hydroxyl groups is 1. The smallest absolute Gasteiger partial charge is 0.0845 e. The number of piperidine rings is 1. The summed E-state index contributed by atoms with van der Waals surface area (Å²) in [5.41, 5.74) is 1.91. The molecule has 0 radical (unpaired) electrons. The summed E-state index contributed by atoms with van der Waals surface area (Å²) in [4.78, 5) is 2.35. The van der Waals surface area contributed by atoms with E-state index in [2.05, 4.69) is 17.0 Å². The van der Waals surface area contributed by atoms with Crippen molar-refractivity contribution in [3.8, 4) is 0 Å². The van der Waals surface area contributed by atoms with Crippen LogP contribution in [0.2, 0.25) is 0 Å². The van der Waals surface area contributed by atoms with Crippen LogP contribution in [0.3, 0.4) is 0 Å². The molecule has 0 spiro atoms. The quantitative estimate of drug-likeness (QED) is 0.506. The van der Waals surface area contributed by atoms with Gasteiger partial charge in [0.2, 0.25) is 0 Å². The van der Waals surface area contributed by atoms with Crippen LogP contribution in [0.1, 0.15) is 25.3 Å². The van der Waals surface area contributed by atoms with E-state index in [1.165, 1.54) is 19.1 Å². The van der Waals surface area contributed by atoms with Crippen molar-refractivity contribution in [3.63, 3.8) is 0 Å². The lowest BCUT2D eigenvalue weighted by Gasteiger charge is -2.31. The van der Waals surface area contributed by atoms with E-state index in [1.54, 1.807) is 0 Å². The fraction of sp³-hybridized carbons (Fsp3) is 0.500. The van der Waals surface area contributed by atoms with Crippen LogP contribution >= 0.6 is 0 Å². The maximum atomic E-state index is 10.5. The van der Waals surface area contributed by atoms with Gasteiger partial charge in [-0.1, -0.05) is 30.3 Å². The Kier molecular flexibility index (Phi) is 4.98. The van der Waals surface area contributed by atoms with Crippen molar-refractivity contribution in [2.75, 3.05) is 19.6 Å². The first-order chi connectivity index (χ1) is 11.2. The summed E-state index contributed by atoms with van der Waals surface area (Å²) >= 11 is 0. The zero-order valence-electron chi connectivity index (χ0n) is 13.6. The van der Waals surface area contributed by atoms with Crippen LogP contribution in [0.4, 0.5) is 0 Å². The molecule has 2 N–H and O–H groups in total. The molecule has 2 heterocycles. The molecule has 0 bridgehead atoms. The number of nitrogens with zero attached hydrogens (tertiary/aromatic N) is 3. The second-order valence-corrected chi connectivity index (χ2v) is 6.64. The summed E-state index contributed by atoms with van der Waals surface area (Å²) in [6.45, 7) is 5.71. The number of aliphatic hydroxyl groups excluding tert-OH is 1. The second-order valence-electron chi connectivity index (χ2n) is 6.64. The molecule has 1 atom stereocenters. The molecule has 0 aliphatic carbocycles. The minimum absolute atomic E-state index is 0.405. The Morgan fingerprint density at radius 2 is 2.00 bits per heavy atom. The first kappa shape index (κ1) is 16.0. The van der Waals surface area contributed by atoms with Crippen molar-refractivity contribution in [2.24, 2.45) is 11.1 Å². The van der Waals surface area contributed by atoms with Crippen LogP contribution in [-0.2, 0) is 6.54 Å². The third kappa shape index (κ3) is 3.74. The molecule has 0 unspecified atom stereocenters. The van der Waals surface area contributed by atoms with Crippen LogP contribution in [0.5, 0.6) is 0 Å². The maximum absolute atomic E-state index is 10.5. The Labute approximate surface area is 136 Å². The van der Waals surface area contributed by atoms with E-state index < -0.39 is 6.10 Å². The van der Waals surface area contributed by atoms with E-state index in [0.717, 1.165) is 35.5 Å². The fourth-order valence-corrected chi connectivity index (χ4v) is 3.42. The number of β-amino-alcohol motifs (C(OH)–C–C–N with tert-alkyl or cyclic N) is 1. The monoisotopic (exact) mass is 315 g/mol. The fourth-order valence-electron chi connectivity index (χ4n) is 3.42. The lowest BCUT2D eigenvalue weighted by Crippen LogP contribution is -2.39. The van der Waals surface area contributed by atoms with Crippen LogP contribution in [0.25, 0.3) is 10.9 Å². The third-order valence-corrected chi connectivity index (χ3v) is 4.77.